The van der Waals surface area contributed by atoms with Gasteiger partial charge in [-0.2, -0.15) is 4.31 Å². The molecule has 0 radical (unpaired) electrons. The molecular weight excluding hydrogens is 473 g/mol. The molecule has 0 spiro atoms. The van der Waals surface area contributed by atoms with Gasteiger partial charge in [-0.15, -0.1) is 0 Å². The number of rotatable bonds is 6. The minimum atomic E-state index is -3.99. The van der Waals surface area contributed by atoms with Gasteiger partial charge in [-0.3, -0.25) is 9.78 Å². The normalized spacial score (nSPS) is 16.5. The van der Waals surface area contributed by atoms with Crippen LogP contribution in [0.1, 0.15) is 18.4 Å². The van der Waals surface area contributed by atoms with Crippen LogP contribution in [0.2, 0.25) is 0 Å². The fraction of sp³-hybridized carbons (Fsp3) is 0.200. The Labute approximate surface area is 201 Å². The number of aromatic nitrogens is 1. The molecule has 1 amide bonds. The number of nitrogens with one attached hydrogen (secondary N) is 1. The lowest BCUT2D eigenvalue weighted by molar-refractivity contribution is -0.124. The average molecular weight is 496 g/mol. The van der Waals surface area contributed by atoms with E-state index in [-0.39, 0.29) is 23.9 Å². The first kappa shape index (κ1) is 23.0. The quantitative estimate of drug-likeness (QED) is 0.421. The molecule has 0 bridgehead atoms. The molecule has 1 aliphatic heterocycles. The molecule has 35 heavy (non-hydrogen) atoms. The molecule has 1 saturated heterocycles. The molecule has 1 aliphatic rings. The van der Waals surface area contributed by atoms with E-state index in [2.05, 4.69) is 10.3 Å². The fourth-order valence-electron chi connectivity index (χ4n) is 4.25. The van der Waals surface area contributed by atoms with Gasteiger partial charge in [0.05, 0.1) is 5.69 Å². The van der Waals surface area contributed by atoms with Gasteiger partial charge >= 0.3 is 0 Å². The van der Waals surface area contributed by atoms with Crippen molar-refractivity contribution in [3.8, 4) is 17.0 Å². The van der Waals surface area contributed by atoms with E-state index in [1.807, 2.05) is 0 Å². The first-order chi connectivity index (χ1) is 16.8. The van der Waals surface area contributed by atoms with Gasteiger partial charge in [0.25, 0.3) is 10.0 Å². The van der Waals surface area contributed by atoms with Gasteiger partial charge in [0.1, 0.15) is 23.2 Å². The molecule has 8 nitrogen and oxygen atoms in total. The molecule has 0 unspecified atom stereocenters. The van der Waals surface area contributed by atoms with Crippen molar-refractivity contribution in [2.24, 2.45) is 0 Å². The van der Waals surface area contributed by atoms with Gasteiger partial charge in [-0.05, 0) is 48.7 Å². The number of carbonyl (C=O) groups is 1. The number of sulfonamides is 1. The van der Waals surface area contributed by atoms with Crippen LogP contribution in [-0.4, -0.2) is 41.3 Å². The Morgan fingerprint density at radius 3 is 2.80 bits per heavy atom. The van der Waals surface area contributed by atoms with Crippen molar-refractivity contribution in [2.75, 3.05) is 6.54 Å². The number of halogens is 1. The van der Waals surface area contributed by atoms with Crippen LogP contribution in [0.5, 0.6) is 5.75 Å². The molecule has 180 valence electrons. The van der Waals surface area contributed by atoms with Crippen molar-refractivity contribution in [1.82, 2.24) is 14.6 Å². The number of nitrogens with zero attached hydrogens (tertiary/aromatic N) is 2. The fourth-order valence-corrected chi connectivity index (χ4v) is 5.86. The molecule has 2 aromatic carbocycles. The van der Waals surface area contributed by atoms with Gasteiger partial charge in [-0.25, -0.2) is 12.8 Å². The summed E-state index contributed by atoms with van der Waals surface area (Å²) in [5, 5.41) is 13.3. The summed E-state index contributed by atoms with van der Waals surface area (Å²) >= 11 is 0. The van der Waals surface area contributed by atoms with Crippen LogP contribution in [0.15, 0.2) is 76.4 Å². The summed E-state index contributed by atoms with van der Waals surface area (Å²) in [5.41, 5.74) is 1.94. The molecule has 0 aliphatic carbocycles. The standard InChI is InChI=1S/C25H22FN3O5S/c26-18-7-8-19(22(30)14-18)20-12-16(9-10-27-20)15-28-25(31)21-5-3-11-29(21)35(32,33)24-13-17-4-1-2-6-23(17)34-24/h1-2,4,6-10,12-14,21,30H,3,5,11,15H2,(H,28,31)/t21-/m0/s1. The molecule has 3 heterocycles. The number of para-hydroxylation sites is 1. The highest BCUT2D eigenvalue weighted by Crippen LogP contribution is 2.31. The lowest BCUT2D eigenvalue weighted by atomic mass is 10.1. The number of hydrogen-bond acceptors (Lipinski definition) is 6. The number of benzene rings is 2. The number of phenols is 1. The summed E-state index contributed by atoms with van der Waals surface area (Å²) in [6.07, 6.45) is 2.48. The maximum atomic E-state index is 13.3. The maximum Gasteiger partial charge on any atom is 0.277 e. The number of fused-ring (bicyclic) bond motifs is 1. The number of carbonyl (C=O) groups excluding carboxylic acids is 1. The number of pyridine rings is 1. The second-order valence-corrected chi connectivity index (χ2v) is 10.1. The first-order valence-electron chi connectivity index (χ1n) is 11.0. The highest BCUT2D eigenvalue weighted by molar-refractivity contribution is 7.89. The minimum Gasteiger partial charge on any atom is -0.507 e. The second-order valence-electron chi connectivity index (χ2n) is 8.31. The van der Waals surface area contributed by atoms with E-state index in [4.69, 9.17) is 4.42 Å². The molecule has 2 aromatic heterocycles. The third kappa shape index (κ3) is 4.50. The van der Waals surface area contributed by atoms with Gasteiger partial charge in [0, 0.05) is 42.4 Å². The summed E-state index contributed by atoms with van der Waals surface area (Å²) in [5.74, 6) is -1.21. The Balaban J connectivity index is 1.31. The monoisotopic (exact) mass is 495 g/mol. The summed E-state index contributed by atoms with van der Waals surface area (Å²) in [7, 11) is -3.99. The third-order valence-electron chi connectivity index (χ3n) is 6.00. The largest absolute Gasteiger partial charge is 0.507 e. The number of amides is 1. The lowest BCUT2D eigenvalue weighted by Crippen LogP contribution is -2.45. The number of phenolic OH excluding ortho intramolecular Hbond substituents is 1. The van der Waals surface area contributed by atoms with Crippen molar-refractivity contribution >= 4 is 26.9 Å². The Kier molecular flexibility index (Phi) is 6.00. The number of hydrogen-bond donors (Lipinski definition) is 2. The number of furan rings is 1. The zero-order valence-corrected chi connectivity index (χ0v) is 19.3. The molecular formula is C25H22FN3O5S. The van der Waals surface area contributed by atoms with E-state index in [1.54, 1.807) is 36.4 Å². The highest BCUT2D eigenvalue weighted by atomic mass is 32.2. The van der Waals surface area contributed by atoms with E-state index in [0.717, 1.165) is 6.07 Å². The smallest absolute Gasteiger partial charge is 0.277 e. The maximum absolute atomic E-state index is 13.3. The third-order valence-corrected chi connectivity index (χ3v) is 7.76. The zero-order valence-electron chi connectivity index (χ0n) is 18.5. The van der Waals surface area contributed by atoms with Crippen LogP contribution in [0.3, 0.4) is 0 Å². The second kappa shape index (κ2) is 9.12. The first-order valence-corrected chi connectivity index (χ1v) is 12.5. The Morgan fingerprint density at radius 1 is 1.17 bits per heavy atom. The molecule has 0 saturated carbocycles. The molecule has 10 heteroatoms. The van der Waals surface area contributed by atoms with Crippen LogP contribution in [-0.2, 0) is 21.4 Å². The van der Waals surface area contributed by atoms with Crippen molar-refractivity contribution in [3.05, 3.63) is 78.2 Å². The van der Waals surface area contributed by atoms with Crippen LogP contribution in [0, 0.1) is 5.82 Å². The van der Waals surface area contributed by atoms with Gasteiger partial charge in [0.2, 0.25) is 11.0 Å². The summed E-state index contributed by atoms with van der Waals surface area (Å²) < 4.78 is 46.5. The van der Waals surface area contributed by atoms with E-state index >= 15 is 0 Å². The lowest BCUT2D eigenvalue weighted by Gasteiger charge is -2.22. The van der Waals surface area contributed by atoms with Gasteiger partial charge in [-0.1, -0.05) is 18.2 Å². The van der Waals surface area contributed by atoms with Crippen molar-refractivity contribution in [3.63, 3.8) is 0 Å². The van der Waals surface area contributed by atoms with E-state index in [0.29, 0.717) is 40.6 Å². The Morgan fingerprint density at radius 2 is 2.00 bits per heavy atom. The molecule has 1 atom stereocenters. The summed E-state index contributed by atoms with van der Waals surface area (Å²) in [4.78, 5) is 17.2. The minimum absolute atomic E-state index is 0.130. The van der Waals surface area contributed by atoms with E-state index in [9.17, 15) is 22.7 Å². The van der Waals surface area contributed by atoms with Gasteiger partial charge < -0.3 is 14.8 Å². The molecule has 1 fully saturated rings. The van der Waals surface area contributed by atoms with Crippen LogP contribution < -0.4 is 5.32 Å². The van der Waals surface area contributed by atoms with Crippen LogP contribution in [0.25, 0.3) is 22.2 Å². The van der Waals surface area contributed by atoms with E-state index in [1.165, 1.54) is 28.7 Å². The topological polar surface area (TPSA) is 113 Å². The molecule has 5 rings (SSSR count). The number of aromatic hydroxyl groups is 1. The Hall–Kier alpha value is -3.76. The summed E-state index contributed by atoms with van der Waals surface area (Å²) in [6, 6.07) is 14.7. The summed E-state index contributed by atoms with van der Waals surface area (Å²) in [6.45, 7) is 0.353. The predicted molar refractivity (Wildman–Crippen MR) is 126 cm³/mol. The van der Waals surface area contributed by atoms with Crippen LogP contribution >= 0.6 is 0 Å². The van der Waals surface area contributed by atoms with Crippen molar-refractivity contribution in [1.29, 1.82) is 0 Å². The van der Waals surface area contributed by atoms with Crippen LogP contribution in [0.4, 0.5) is 4.39 Å². The SMILES string of the molecule is O=C(NCc1ccnc(-c2ccc(F)cc2O)c1)[C@@H]1CCCN1S(=O)(=O)c1cc2ccccc2o1. The zero-order chi connectivity index (χ0) is 24.6. The molecule has 2 N–H and O–H groups in total. The van der Waals surface area contributed by atoms with Crippen molar-refractivity contribution in [2.45, 2.75) is 30.5 Å². The van der Waals surface area contributed by atoms with Gasteiger partial charge in [0.15, 0.2) is 0 Å². The van der Waals surface area contributed by atoms with Crippen molar-refractivity contribution < 1.29 is 27.1 Å². The van der Waals surface area contributed by atoms with E-state index < -0.39 is 27.8 Å². The highest BCUT2D eigenvalue weighted by Gasteiger charge is 2.41. The average Bonchev–Trinajstić information content (AvgIpc) is 3.51. The Bertz CT molecular complexity index is 1490. The molecule has 4 aromatic rings. The predicted octanol–water partition coefficient (Wildman–Crippen LogP) is 3.81.